The Labute approximate surface area is 85.5 Å². The molecule has 74 valence electrons. The van der Waals surface area contributed by atoms with E-state index >= 15 is 0 Å². The molecule has 0 radical (unpaired) electrons. The molecule has 2 N–H and O–H groups in total. The molecule has 0 amide bonds. The van der Waals surface area contributed by atoms with Crippen molar-refractivity contribution in [3.05, 3.63) is 30.1 Å². The van der Waals surface area contributed by atoms with E-state index in [4.69, 9.17) is 12.2 Å². The van der Waals surface area contributed by atoms with Crippen LogP contribution in [0.15, 0.2) is 24.5 Å². The first-order chi connectivity index (χ1) is 6.83. The maximum Gasteiger partial charge on any atom is 0.0300 e. The maximum absolute atomic E-state index is 5.95. The summed E-state index contributed by atoms with van der Waals surface area (Å²) in [5, 5.41) is 0. The summed E-state index contributed by atoms with van der Waals surface area (Å²) in [5.74, 6) is 2.62. The van der Waals surface area contributed by atoms with Gasteiger partial charge in [0, 0.05) is 24.9 Å². The van der Waals surface area contributed by atoms with Gasteiger partial charge in [0.05, 0.1) is 0 Å². The molecule has 0 saturated heterocycles. The minimum absolute atomic E-state index is 0.201. The van der Waals surface area contributed by atoms with Gasteiger partial charge in [-0.25, -0.2) is 0 Å². The third-order valence-corrected chi connectivity index (χ3v) is 2.12. The fraction of sp³-hybridized carbons (Fsp3) is 0.417. The van der Waals surface area contributed by atoms with Gasteiger partial charge in [-0.1, -0.05) is 6.07 Å². The molecule has 0 aliphatic rings. The number of nitrogens with zero attached hydrogens (tertiary/aromatic N) is 1. The molecule has 2 heteroatoms. The third kappa shape index (κ3) is 4.06. The van der Waals surface area contributed by atoms with E-state index in [1.807, 2.05) is 18.3 Å². The largest absolute Gasteiger partial charge is 0.327 e. The van der Waals surface area contributed by atoms with E-state index < -0.39 is 0 Å². The zero-order valence-corrected chi connectivity index (χ0v) is 8.32. The van der Waals surface area contributed by atoms with Gasteiger partial charge in [0.2, 0.25) is 0 Å². The number of terminal acetylenes is 1. The molecular weight excluding hydrogens is 172 g/mol. The van der Waals surface area contributed by atoms with Gasteiger partial charge in [-0.05, 0) is 30.9 Å². The fourth-order valence-corrected chi connectivity index (χ4v) is 1.39. The molecule has 0 saturated carbocycles. The van der Waals surface area contributed by atoms with Crippen molar-refractivity contribution in [1.82, 2.24) is 4.98 Å². The highest BCUT2D eigenvalue weighted by molar-refractivity contribution is 5.09. The first kappa shape index (κ1) is 10.7. The van der Waals surface area contributed by atoms with E-state index in [1.165, 1.54) is 5.56 Å². The van der Waals surface area contributed by atoms with E-state index in [9.17, 15) is 0 Å². The van der Waals surface area contributed by atoms with Gasteiger partial charge in [-0.15, -0.1) is 12.3 Å². The minimum atomic E-state index is 0.201. The molecular formula is C12H16N2. The molecule has 0 aliphatic carbocycles. The lowest BCUT2D eigenvalue weighted by Crippen LogP contribution is -2.22. The van der Waals surface area contributed by atoms with Crippen molar-refractivity contribution in [1.29, 1.82) is 0 Å². The van der Waals surface area contributed by atoms with Crippen LogP contribution < -0.4 is 5.73 Å². The molecule has 0 aromatic carbocycles. The van der Waals surface area contributed by atoms with Crippen molar-refractivity contribution < 1.29 is 0 Å². The number of hydrogen-bond acceptors (Lipinski definition) is 2. The quantitative estimate of drug-likeness (QED) is 0.565. The summed E-state index contributed by atoms with van der Waals surface area (Å²) in [6.07, 6.45) is 12.5. The third-order valence-electron chi connectivity index (χ3n) is 2.12. The van der Waals surface area contributed by atoms with Crippen molar-refractivity contribution >= 4 is 0 Å². The summed E-state index contributed by atoms with van der Waals surface area (Å²) in [6.45, 7) is 0. The average Bonchev–Trinajstić information content (AvgIpc) is 2.20. The fourth-order valence-electron chi connectivity index (χ4n) is 1.39. The van der Waals surface area contributed by atoms with Crippen molar-refractivity contribution in [2.45, 2.75) is 31.7 Å². The summed E-state index contributed by atoms with van der Waals surface area (Å²) in [5.41, 5.74) is 7.15. The van der Waals surface area contributed by atoms with Crippen molar-refractivity contribution in [2.24, 2.45) is 5.73 Å². The first-order valence-corrected chi connectivity index (χ1v) is 4.91. The average molecular weight is 188 g/mol. The maximum atomic E-state index is 5.95. The Bertz CT molecular complexity index is 287. The lowest BCUT2D eigenvalue weighted by Gasteiger charge is -2.09. The summed E-state index contributed by atoms with van der Waals surface area (Å²) in [6, 6.07) is 4.19. The van der Waals surface area contributed by atoms with Crippen LogP contribution in [-0.2, 0) is 6.42 Å². The van der Waals surface area contributed by atoms with Crippen LogP contribution in [0, 0.1) is 12.3 Å². The standard InChI is InChI=1S/C12H16N2/c1-2-3-4-7-12(13)9-11-6-5-8-14-10-11/h1,5-6,8,10,12H,3-4,7,9,13H2. The topological polar surface area (TPSA) is 38.9 Å². The molecule has 14 heavy (non-hydrogen) atoms. The summed E-state index contributed by atoms with van der Waals surface area (Å²) in [7, 11) is 0. The molecule has 1 aromatic rings. The number of hydrogen-bond donors (Lipinski definition) is 1. The second kappa shape index (κ2) is 6.17. The zero-order chi connectivity index (χ0) is 10.2. The van der Waals surface area contributed by atoms with Crippen LogP contribution in [0.4, 0.5) is 0 Å². The number of rotatable bonds is 5. The molecule has 1 atom stereocenters. The number of pyridine rings is 1. The Balaban J connectivity index is 2.28. The van der Waals surface area contributed by atoms with Crippen molar-refractivity contribution in [3.63, 3.8) is 0 Å². The van der Waals surface area contributed by atoms with Crippen LogP contribution in [-0.4, -0.2) is 11.0 Å². The second-order valence-corrected chi connectivity index (χ2v) is 3.42. The number of nitrogens with two attached hydrogens (primary N) is 1. The molecule has 0 bridgehead atoms. The highest BCUT2D eigenvalue weighted by Crippen LogP contribution is 2.05. The Morgan fingerprint density at radius 2 is 2.43 bits per heavy atom. The smallest absolute Gasteiger partial charge is 0.0300 e. The summed E-state index contributed by atoms with van der Waals surface area (Å²) < 4.78 is 0. The van der Waals surface area contributed by atoms with Gasteiger partial charge in [0.15, 0.2) is 0 Å². The van der Waals surface area contributed by atoms with Crippen LogP contribution in [0.3, 0.4) is 0 Å². The van der Waals surface area contributed by atoms with Crippen LogP contribution >= 0.6 is 0 Å². The van der Waals surface area contributed by atoms with Gasteiger partial charge >= 0.3 is 0 Å². The van der Waals surface area contributed by atoms with Crippen LogP contribution in [0.5, 0.6) is 0 Å². The zero-order valence-electron chi connectivity index (χ0n) is 8.32. The molecule has 1 heterocycles. The predicted molar refractivity (Wildman–Crippen MR) is 58.6 cm³/mol. The number of unbranched alkanes of at least 4 members (excludes halogenated alkanes) is 1. The lowest BCUT2D eigenvalue weighted by atomic mass is 10.0. The molecule has 0 aliphatic heterocycles. The van der Waals surface area contributed by atoms with E-state index in [1.54, 1.807) is 6.20 Å². The second-order valence-electron chi connectivity index (χ2n) is 3.42. The van der Waals surface area contributed by atoms with Gasteiger partial charge in [-0.3, -0.25) is 4.98 Å². The molecule has 0 fully saturated rings. The van der Waals surface area contributed by atoms with E-state index in [0.717, 1.165) is 25.7 Å². The Hall–Kier alpha value is -1.33. The normalized spacial score (nSPS) is 12.0. The van der Waals surface area contributed by atoms with Gasteiger partial charge in [0.1, 0.15) is 0 Å². The van der Waals surface area contributed by atoms with Gasteiger partial charge < -0.3 is 5.73 Å². The van der Waals surface area contributed by atoms with Crippen LogP contribution in [0.2, 0.25) is 0 Å². The van der Waals surface area contributed by atoms with Gasteiger partial charge in [-0.2, -0.15) is 0 Å². The predicted octanol–water partition coefficient (Wildman–Crippen LogP) is 1.75. The first-order valence-electron chi connectivity index (χ1n) is 4.91. The Kier molecular flexibility index (Phi) is 4.74. The highest BCUT2D eigenvalue weighted by atomic mass is 14.6. The summed E-state index contributed by atoms with van der Waals surface area (Å²) in [4.78, 5) is 4.05. The minimum Gasteiger partial charge on any atom is -0.327 e. The molecule has 2 nitrogen and oxygen atoms in total. The molecule has 0 spiro atoms. The Morgan fingerprint density at radius 1 is 1.57 bits per heavy atom. The van der Waals surface area contributed by atoms with E-state index in [0.29, 0.717) is 0 Å². The van der Waals surface area contributed by atoms with E-state index in [-0.39, 0.29) is 6.04 Å². The SMILES string of the molecule is C#CCCCC(N)Cc1cccnc1. The van der Waals surface area contributed by atoms with Crippen molar-refractivity contribution in [2.75, 3.05) is 0 Å². The van der Waals surface area contributed by atoms with Crippen LogP contribution in [0.25, 0.3) is 0 Å². The van der Waals surface area contributed by atoms with Gasteiger partial charge in [0.25, 0.3) is 0 Å². The van der Waals surface area contributed by atoms with E-state index in [2.05, 4.69) is 10.9 Å². The molecule has 1 rings (SSSR count). The Morgan fingerprint density at radius 3 is 3.07 bits per heavy atom. The lowest BCUT2D eigenvalue weighted by molar-refractivity contribution is 0.586. The van der Waals surface area contributed by atoms with Crippen LogP contribution in [0.1, 0.15) is 24.8 Å². The molecule has 1 unspecified atom stereocenters. The molecule has 1 aromatic heterocycles. The number of aromatic nitrogens is 1. The highest BCUT2D eigenvalue weighted by Gasteiger charge is 2.02. The summed E-state index contributed by atoms with van der Waals surface area (Å²) >= 11 is 0. The monoisotopic (exact) mass is 188 g/mol. The van der Waals surface area contributed by atoms with Crippen molar-refractivity contribution in [3.8, 4) is 12.3 Å².